The highest BCUT2D eigenvalue weighted by molar-refractivity contribution is 5.89. The lowest BCUT2D eigenvalue weighted by atomic mass is 9.93. The number of amides is 2. The van der Waals surface area contributed by atoms with Gasteiger partial charge in [0.05, 0.1) is 12.1 Å². The third kappa shape index (κ3) is 3.64. The van der Waals surface area contributed by atoms with E-state index in [1.165, 1.54) is 6.07 Å². The molecule has 19 heavy (non-hydrogen) atoms. The Morgan fingerprint density at radius 3 is 2.63 bits per heavy atom. The first kappa shape index (κ1) is 13.7. The zero-order valence-corrected chi connectivity index (χ0v) is 10.3. The van der Waals surface area contributed by atoms with Crippen LogP contribution in [0.2, 0.25) is 0 Å². The van der Waals surface area contributed by atoms with E-state index in [0.717, 1.165) is 25.0 Å². The maximum Gasteiger partial charge on any atom is 0.319 e. The van der Waals surface area contributed by atoms with Gasteiger partial charge in [0.2, 0.25) is 0 Å². The highest BCUT2D eigenvalue weighted by Gasteiger charge is 2.24. The van der Waals surface area contributed by atoms with E-state index in [1.807, 2.05) is 0 Å². The van der Waals surface area contributed by atoms with Crippen LogP contribution < -0.4 is 10.6 Å². The standard InChI is InChI=1S/C13H16F2N2O2/c14-9-6-5-8(7-10(9)15)16-13(19)17-11-3-1-2-4-12(11)18/h5-7,11-12,18H,1-4H2,(H2,16,17,19). The third-order valence-corrected chi connectivity index (χ3v) is 3.22. The van der Waals surface area contributed by atoms with Gasteiger partial charge in [-0.05, 0) is 25.0 Å². The lowest BCUT2D eigenvalue weighted by Crippen LogP contribution is -2.46. The Bertz CT molecular complexity index is 468. The van der Waals surface area contributed by atoms with E-state index in [4.69, 9.17) is 0 Å². The van der Waals surface area contributed by atoms with Gasteiger partial charge in [-0.1, -0.05) is 12.8 Å². The minimum absolute atomic E-state index is 0.168. The summed E-state index contributed by atoms with van der Waals surface area (Å²) in [5, 5.41) is 14.8. The van der Waals surface area contributed by atoms with E-state index in [0.29, 0.717) is 12.8 Å². The molecule has 1 fully saturated rings. The van der Waals surface area contributed by atoms with Crippen LogP contribution in [0.1, 0.15) is 25.7 Å². The molecule has 2 rings (SSSR count). The second-order valence-electron chi connectivity index (χ2n) is 4.69. The zero-order valence-electron chi connectivity index (χ0n) is 10.3. The van der Waals surface area contributed by atoms with Crippen molar-refractivity contribution in [3.05, 3.63) is 29.8 Å². The molecule has 1 aromatic carbocycles. The number of anilines is 1. The Labute approximate surface area is 109 Å². The molecule has 4 nitrogen and oxygen atoms in total. The molecule has 104 valence electrons. The van der Waals surface area contributed by atoms with E-state index >= 15 is 0 Å². The van der Waals surface area contributed by atoms with Gasteiger partial charge in [0, 0.05) is 11.8 Å². The van der Waals surface area contributed by atoms with Gasteiger partial charge in [-0.25, -0.2) is 13.6 Å². The summed E-state index contributed by atoms with van der Waals surface area (Å²) in [5.74, 6) is -1.98. The maximum absolute atomic E-state index is 13.0. The Morgan fingerprint density at radius 2 is 1.95 bits per heavy atom. The van der Waals surface area contributed by atoms with E-state index in [9.17, 15) is 18.7 Å². The summed E-state index contributed by atoms with van der Waals surface area (Å²) >= 11 is 0. The predicted octanol–water partition coefficient (Wildman–Crippen LogP) is 2.39. The Kier molecular flexibility index (Phi) is 4.31. The van der Waals surface area contributed by atoms with E-state index in [1.54, 1.807) is 0 Å². The first-order chi connectivity index (χ1) is 9.06. The number of hydrogen-bond donors (Lipinski definition) is 3. The lowest BCUT2D eigenvalue weighted by molar-refractivity contribution is 0.0955. The van der Waals surface area contributed by atoms with E-state index < -0.39 is 23.8 Å². The summed E-state index contributed by atoms with van der Waals surface area (Å²) in [6.07, 6.45) is 2.73. The number of aliphatic hydroxyl groups is 1. The van der Waals surface area contributed by atoms with Crippen LogP contribution in [-0.4, -0.2) is 23.3 Å². The topological polar surface area (TPSA) is 61.4 Å². The highest BCUT2D eigenvalue weighted by atomic mass is 19.2. The van der Waals surface area contributed by atoms with Crippen LogP contribution in [0.4, 0.5) is 19.3 Å². The van der Waals surface area contributed by atoms with Gasteiger partial charge in [-0.15, -0.1) is 0 Å². The Morgan fingerprint density at radius 1 is 1.21 bits per heavy atom. The highest BCUT2D eigenvalue weighted by Crippen LogP contribution is 2.18. The van der Waals surface area contributed by atoms with Gasteiger partial charge in [0.15, 0.2) is 11.6 Å². The number of carbonyl (C=O) groups excluding carboxylic acids is 1. The number of halogens is 2. The van der Waals surface area contributed by atoms with Gasteiger partial charge in [0.1, 0.15) is 0 Å². The van der Waals surface area contributed by atoms with Crippen molar-refractivity contribution in [1.29, 1.82) is 0 Å². The van der Waals surface area contributed by atoms with Crippen LogP contribution in [0.15, 0.2) is 18.2 Å². The van der Waals surface area contributed by atoms with Crippen molar-refractivity contribution in [2.24, 2.45) is 0 Å². The molecule has 0 bridgehead atoms. The molecule has 0 heterocycles. The van der Waals surface area contributed by atoms with Crippen LogP contribution in [-0.2, 0) is 0 Å². The van der Waals surface area contributed by atoms with Crippen molar-refractivity contribution in [1.82, 2.24) is 5.32 Å². The summed E-state index contributed by atoms with van der Waals surface area (Å²) < 4.78 is 25.7. The van der Waals surface area contributed by atoms with Crippen molar-refractivity contribution < 1.29 is 18.7 Å². The third-order valence-electron chi connectivity index (χ3n) is 3.22. The van der Waals surface area contributed by atoms with Crippen LogP contribution in [0.5, 0.6) is 0 Å². The van der Waals surface area contributed by atoms with Gasteiger partial charge >= 0.3 is 6.03 Å². The van der Waals surface area contributed by atoms with E-state index in [2.05, 4.69) is 10.6 Å². The molecule has 2 amide bonds. The van der Waals surface area contributed by atoms with Crippen LogP contribution in [0, 0.1) is 11.6 Å². The van der Waals surface area contributed by atoms with Crippen molar-refractivity contribution in [2.45, 2.75) is 37.8 Å². The molecule has 2 atom stereocenters. The second-order valence-corrected chi connectivity index (χ2v) is 4.69. The monoisotopic (exact) mass is 270 g/mol. The molecule has 2 unspecified atom stereocenters. The number of nitrogens with one attached hydrogen (secondary N) is 2. The van der Waals surface area contributed by atoms with Gasteiger partial charge in [-0.3, -0.25) is 0 Å². The lowest BCUT2D eigenvalue weighted by Gasteiger charge is -2.28. The quantitative estimate of drug-likeness (QED) is 0.772. The number of carbonyl (C=O) groups is 1. The first-order valence-corrected chi connectivity index (χ1v) is 6.27. The van der Waals surface area contributed by atoms with Crippen molar-refractivity contribution in [2.75, 3.05) is 5.32 Å². The molecule has 0 aliphatic heterocycles. The summed E-state index contributed by atoms with van der Waals surface area (Å²) in [5.41, 5.74) is 0.168. The van der Waals surface area contributed by atoms with Crippen molar-refractivity contribution >= 4 is 11.7 Å². The van der Waals surface area contributed by atoms with Crippen LogP contribution >= 0.6 is 0 Å². The molecule has 6 heteroatoms. The molecule has 1 aromatic rings. The summed E-state index contributed by atoms with van der Waals surface area (Å²) in [6, 6.07) is 2.30. The summed E-state index contributed by atoms with van der Waals surface area (Å²) in [7, 11) is 0. The van der Waals surface area contributed by atoms with Gasteiger partial charge < -0.3 is 15.7 Å². The summed E-state index contributed by atoms with van der Waals surface area (Å²) in [4.78, 5) is 11.7. The Hall–Kier alpha value is -1.69. The molecular formula is C13H16F2N2O2. The smallest absolute Gasteiger partial charge is 0.319 e. The van der Waals surface area contributed by atoms with E-state index in [-0.39, 0.29) is 11.7 Å². The van der Waals surface area contributed by atoms with Crippen LogP contribution in [0.3, 0.4) is 0 Å². The molecule has 3 N–H and O–H groups in total. The number of urea groups is 1. The van der Waals surface area contributed by atoms with Gasteiger partial charge in [-0.2, -0.15) is 0 Å². The second kappa shape index (κ2) is 5.97. The molecule has 1 aliphatic rings. The largest absolute Gasteiger partial charge is 0.391 e. The average molecular weight is 270 g/mol. The normalized spacial score (nSPS) is 22.9. The number of benzene rings is 1. The molecular weight excluding hydrogens is 254 g/mol. The molecule has 0 radical (unpaired) electrons. The van der Waals surface area contributed by atoms with Gasteiger partial charge in [0.25, 0.3) is 0 Å². The SMILES string of the molecule is O=C(Nc1ccc(F)c(F)c1)NC1CCCCC1O. The number of rotatable bonds is 2. The predicted molar refractivity (Wildman–Crippen MR) is 66.8 cm³/mol. The first-order valence-electron chi connectivity index (χ1n) is 6.27. The number of aliphatic hydroxyl groups excluding tert-OH is 1. The van der Waals surface area contributed by atoms with Crippen LogP contribution in [0.25, 0.3) is 0 Å². The fourth-order valence-corrected chi connectivity index (χ4v) is 2.19. The maximum atomic E-state index is 13.0. The molecule has 1 saturated carbocycles. The minimum atomic E-state index is -1.02. The number of hydrogen-bond acceptors (Lipinski definition) is 2. The zero-order chi connectivity index (χ0) is 13.8. The summed E-state index contributed by atoms with van der Waals surface area (Å²) in [6.45, 7) is 0. The Balaban J connectivity index is 1.91. The molecule has 0 saturated heterocycles. The average Bonchev–Trinajstić information content (AvgIpc) is 2.37. The molecule has 0 aromatic heterocycles. The fraction of sp³-hybridized carbons (Fsp3) is 0.462. The van der Waals surface area contributed by atoms with Crippen molar-refractivity contribution in [3.8, 4) is 0 Å². The molecule has 1 aliphatic carbocycles. The molecule has 0 spiro atoms. The van der Waals surface area contributed by atoms with Crippen molar-refractivity contribution in [3.63, 3.8) is 0 Å². The minimum Gasteiger partial charge on any atom is -0.391 e. The fourth-order valence-electron chi connectivity index (χ4n) is 2.19.